The summed E-state index contributed by atoms with van der Waals surface area (Å²) in [6, 6.07) is 19.2. The van der Waals surface area contributed by atoms with E-state index < -0.39 is 5.91 Å². The van der Waals surface area contributed by atoms with E-state index in [0.717, 1.165) is 32.7 Å². The Morgan fingerprint density at radius 3 is 2.37 bits per heavy atom. The molecule has 0 radical (unpaired) electrons. The zero-order valence-electron chi connectivity index (χ0n) is 14.9. The molecule has 0 spiro atoms. The summed E-state index contributed by atoms with van der Waals surface area (Å²) in [5.74, 6) is -0.411. The number of carbonyl (C=O) groups is 1. The fraction of sp³-hybridized carbons (Fsp3) is 0.238. The lowest BCUT2D eigenvalue weighted by atomic mass is 10.2. The standard InChI is InChI=1S/C21H21ClN4O/c22-19-6-8-20(9-7-19)24-21(27)18(14-23)16-26-12-10-25(11-13-26)15-17-4-2-1-3-5-17/h1-9,16H,10-13,15H2,(H,24,27)/b18-16-. The first-order chi connectivity index (χ1) is 13.1. The topological polar surface area (TPSA) is 59.4 Å². The second kappa shape index (κ2) is 9.22. The van der Waals surface area contributed by atoms with E-state index in [1.54, 1.807) is 30.5 Å². The van der Waals surface area contributed by atoms with Crippen LogP contribution < -0.4 is 5.32 Å². The number of nitrogens with one attached hydrogen (secondary N) is 1. The van der Waals surface area contributed by atoms with E-state index >= 15 is 0 Å². The van der Waals surface area contributed by atoms with Gasteiger partial charge in [-0.2, -0.15) is 5.26 Å². The molecule has 2 aromatic rings. The van der Waals surface area contributed by atoms with E-state index in [1.165, 1.54) is 5.56 Å². The molecule has 0 aromatic heterocycles. The molecule has 1 saturated heterocycles. The molecule has 0 saturated carbocycles. The van der Waals surface area contributed by atoms with Crippen molar-refractivity contribution in [3.05, 3.63) is 77.0 Å². The summed E-state index contributed by atoms with van der Waals surface area (Å²) in [7, 11) is 0. The predicted molar refractivity (Wildman–Crippen MR) is 107 cm³/mol. The first-order valence-corrected chi connectivity index (χ1v) is 9.21. The molecule has 0 aliphatic carbocycles. The largest absolute Gasteiger partial charge is 0.374 e. The summed E-state index contributed by atoms with van der Waals surface area (Å²) in [6.07, 6.45) is 1.66. The SMILES string of the molecule is N#C/C(=C/N1CCN(Cc2ccccc2)CC1)C(=O)Nc1ccc(Cl)cc1. The van der Waals surface area contributed by atoms with Crippen LogP contribution in [0.1, 0.15) is 5.56 Å². The van der Waals surface area contributed by atoms with Crippen molar-refractivity contribution in [2.45, 2.75) is 6.54 Å². The average molecular weight is 381 g/mol. The van der Waals surface area contributed by atoms with Gasteiger partial charge in [0.25, 0.3) is 5.91 Å². The quantitative estimate of drug-likeness (QED) is 0.637. The second-order valence-corrected chi connectivity index (χ2v) is 6.85. The van der Waals surface area contributed by atoms with Crippen LogP contribution in [-0.4, -0.2) is 41.9 Å². The lowest BCUT2D eigenvalue weighted by molar-refractivity contribution is -0.112. The molecule has 138 valence electrons. The average Bonchev–Trinajstić information content (AvgIpc) is 2.70. The minimum absolute atomic E-state index is 0.0986. The van der Waals surface area contributed by atoms with Crippen LogP contribution in [0, 0.1) is 11.3 Å². The minimum Gasteiger partial charge on any atom is -0.374 e. The highest BCUT2D eigenvalue weighted by Crippen LogP contribution is 2.15. The number of hydrogen-bond donors (Lipinski definition) is 1. The number of amides is 1. The fourth-order valence-electron chi connectivity index (χ4n) is 2.94. The van der Waals surface area contributed by atoms with Crippen molar-refractivity contribution in [3.8, 4) is 6.07 Å². The zero-order chi connectivity index (χ0) is 19.1. The lowest BCUT2D eigenvalue weighted by Crippen LogP contribution is -2.43. The molecule has 5 nitrogen and oxygen atoms in total. The van der Waals surface area contributed by atoms with E-state index in [9.17, 15) is 10.1 Å². The summed E-state index contributed by atoms with van der Waals surface area (Å²) < 4.78 is 0. The Labute approximate surface area is 164 Å². The van der Waals surface area contributed by atoms with Gasteiger partial charge in [0.2, 0.25) is 0 Å². The highest BCUT2D eigenvalue weighted by Gasteiger charge is 2.17. The zero-order valence-corrected chi connectivity index (χ0v) is 15.7. The van der Waals surface area contributed by atoms with E-state index in [1.807, 2.05) is 29.2 Å². The molecule has 2 aromatic carbocycles. The first-order valence-electron chi connectivity index (χ1n) is 8.83. The number of anilines is 1. The highest BCUT2D eigenvalue weighted by atomic mass is 35.5. The van der Waals surface area contributed by atoms with Crippen LogP contribution in [-0.2, 0) is 11.3 Å². The minimum atomic E-state index is -0.411. The van der Waals surface area contributed by atoms with Gasteiger partial charge in [-0.1, -0.05) is 41.9 Å². The summed E-state index contributed by atoms with van der Waals surface area (Å²) >= 11 is 5.84. The molecule has 27 heavy (non-hydrogen) atoms. The van der Waals surface area contributed by atoms with Gasteiger partial charge in [0.15, 0.2) is 0 Å². The van der Waals surface area contributed by atoms with Crippen LogP contribution in [0.2, 0.25) is 5.02 Å². The second-order valence-electron chi connectivity index (χ2n) is 6.41. The van der Waals surface area contributed by atoms with Gasteiger partial charge < -0.3 is 10.2 Å². The Kier molecular flexibility index (Phi) is 6.48. The van der Waals surface area contributed by atoms with E-state index in [2.05, 4.69) is 22.3 Å². The van der Waals surface area contributed by atoms with Crippen LogP contribution >= 0.6 is 11.6 Å². The maximum absolute atomic E-state index is 12.3. The normalized spacial score (nSPS) is 15.3. The number of nitrogens with zero attached hydrogens (tertiary/aromatic N) is 3. The smallest absolute Gasteiger partial charge is 0.267 e. The summed E-state index contributed by atoms with van der Waals surface area (Å²) in [6.45, 7) is 4.27. The molecule has 0 atom stereocenters. The number of piperazine rings is 1. The van der Waals surface area contributed by atoms with Gasteiger partial charge in [0.1, 0.15) is 11.6 Å². The summed E-state index contributed by atoms with van der Waals surface area (Å²) in [5.41, 5.74) is 2.00. The van der Waals surface area contributed by atoms with Gasteiger partial charge in [0, 0.05) is 49.6 Å². The number of halogens is 1. The van der Waals surface area contributed by atoms with Gasteiger partial charge in [-0.15, -0.1) is 0 Å². The molecule has 1 heterocycles. The van der Waals surface area contributed by atoms with Crippen molar-refractivity contribution >= 4 is 23.2 Å². The van der Waals surface area contributed by atoms with Crippen molar-refractivity contribution in [1.82, 2.24) is 9.80 Å². The van der Waals surface area contributed by atoms with E-state index in [-0.39, 0.29) is 5.57 Å². The molecule has 1 amide bonds. The van der Waals surface area contributed by atoms with Crippen LogP contribution in [0.15, 0.2) is 66.4 Å². The number of hydrogen-bond acceptors (Lipinski definition) is 4. The Bertz CT molecular complexity index is 835. The Hall–Kier alpha value is -2.81. The van der Waals surface area contributed by atoms with Crippen molar-refractivity contribution in [3.63, 3.8) is 0 Å². The molecule has 1 aliphatic heterocycles. The van der Waals surface area contributed by atoms with Gasteiger partial charge in [-0.3, -0.25) is 9.69 Å². The van der Waals surface area contributed by atoms with Crippen molar-refractivity contribution in [1.29, 1.82) is 5.26 Å². The molecular formula is C21H21ClN4O. The Balaban J connectivity index is 1.54. The number of rotatable bonds is 5. The number of carbonyl (C=O) groups excluding carboxylic acids is 1. The van der Waals surface area contributed by atoms with Crippen LogP contribution in [0.5, 0.6) is 0 Å². The molecule has 6 heteroatoms. The van der Waals surface area contributed by atoms with Gasteiger partial charge >= 0.3 is 0 Å². The van der Waals surface area contributed by atoms with E-state index in [0.29, 0.717) is 10.7 Å². The van der Waals surface area contributed by atoms with Crippen molar-refractivity contribution < 1.29 is 4.79 Å². The maximum Gasteiger partial charge on any atom is 0.267 e. The van der Waals surface area contributed by atoms with Crippen molar-refractivity contribution in [2.75, 3.05) is 31.5 Å². The fourth-order valence-corrected chi connectivity index (χ4v) is 3.07. The maximum atomic E-state index is 12.3. The van der Waals surface area contributed by atoms with Crippen LogP contribution in [0.3, 0.4) is 0 Å². The third-order valence-electron chi connectivity index (χ3n) is 4.43. The Morgan fingerprint density at radius 2 is 1.74 bits per heavy atom. The van der Waals surface area contributed by atoms with Gasteiger partial charge in [0.05, 0.1) is 0 Å². The molecule has 3 rings (SSSR count). The van der Waals surface area contributed by atoms with Crippen LogP contribution in [0.4, 0.5) is 5.69 Å². The summed E-state index contributed by atoms with van der Waals surface area (Å²) in [4.78, 5) is 16.7. The van der Waals surface area contributed by atoms with Crippen molar-refractivity contribution in [2.24, 2.45) is 0 Å². The van der Waals surface area contributed by atoms with Gasteiger partial charge in [-0.05, 0) is 29.8 Å². The molecule has 0 bridgehead atoms. The molecule has 1 aliphatic rings. The number of benzene rings is 2. The third kappa shape index (κ3) is 5.58. The monoisotopic (exact) mass is 380 g/mol. The predicted octanol–water partition coefficient (Wildman–Crippen LogP) is 3.50. The first kappa shape index (κ1) is 19.0. The molecule has 1 fully saturated rings. The Morgan fingerprint density at radius 1 is 1.07 bits per heavy atom. The molecular weight excluding hydrogens is 360 g/mol. The van der Waals surface area contributed by atoms with E-state index in [4.69, 9.17) is 11.6 Å². The number of nitriles is 1. The van der Waals surface area contributed by atoms with Gasteiger partial charge in [-0.25, -0.2) is 0 Å². The molecule has 1 N–H and O–H groups in total. The third-order valence-corrected chi connectivity index (χ3v) is 4.69. The highest BCUT2D eigenvalue weighted by molar-refractivity contribution is 6.30. The summed E-state index contributed by atoms with van der Waals surface area (Å²) in [5, 5.41) is 12.7. The molecule has 0 unspecified atom stereocenters. The van der Waals surface area contributed by atoms with Crippen LogP contribution in [0.25, 0.3) is 0 Å². The lowest BCUT2D eigenvalue weighted by Gasteiger charge is -2.34.